The Labute approximate surface area is 310 Å². The molecule has 0 aromatic carbocycles. The normalized spacial score (nSPS) is 17.0. The van der Waals surface area contributed by atoms with Gasteiger partial charge in [0.1, 0.15) is 29.7 Å². The first kappa shape index (κ1) is 46.7. The number of aryl methyl sites for hydroxylation is 1. The molecule has 0 aliphatic carbocycles. The fraction of sp³-hybridized carbons (Fsp3) is 0.725. The second-order valence-corrected chi connectivity index (χ2v) is 27.4. The maximum Gasteiger partial charge on any atom is 0.305 e. The van der Waals surface area contributed by atoms with Crippen LogP contribution in [0.1, 0.15) is 119 Å². The van der Waals surface area contributed by atoms with Crippen LogP contribution >= 0.6 is 0 Å². The predicted molar refractivity (Wildman–Crippen MR) is 210 cm³/mol. The molecule has 5 atom stereocenters. The number of halogens is 1. The third-order valence-electron chi connectivity index (χ3n) is 11.1. The summed E-state index contributed by atoms with van der Waals surface area (Å²) in [5.74, 6) is 0.613. The number of hydrogen-bond donors (Lipinski definition) is 2. The third-order valence-corrected chi connectivity index (χ3v) is 20.0. The van der Waals surface area contributed by atoms with Crippen LogP contribution in [-0.4, -0.2) is 61.9 Å². The van der Waals surface area contributed by atoms with Gasteiger partial charge in [0.05, 0.1) is 24.5 Å². The summed E-state index contributed by atoms with van der Waals surface area (Å²) in [6, 6.07) is 0. The van der Waals surface area contributed by atoms with Gasteiger partial charge < -0.3 is 23.5 Å². The van der Waals surface area contributed by atoms with E-state index in [-0.39, 0.29) is 41.0 Å². The highest BCUT2D eigenvalue weighted by Crippen LogP contribution is 2.44. The van der Waals surface area contributed by atoms with Gasteiger partial charge in [-0.1, -0.05) is 74.0 Å². The molecule has 0 bridgehead atoms. The summed E-state index contributed by atoms with van der Waals surface area (Å²) in [5.41, 5.74) is 0.184. The minimum Gasteiger partial charge on any atom is -0.481 e. The minimum absolute atomic E-state index is 0.0545. The highest BCUT2D eigenvalue weighted by molar-refractivity contribution is 6.74. The molecule has 0 saturated carbocycles. The lowest BCUT2D eigenvalue weighted by molar-refractivity contribution is -0.146. The Morgan fingerprint density at radius 1 is 1.06 bits per heavy atom. The number of aliphatic carboxylic acids is 1. The number of carbonyl (C=O) groups is 2. The summed E-state index contributed by atoms with van der Waals surface area (Å²) >= 11 is 0. The van der Waals surface area contributed by atoms with Crippen molar-refractivity contribution in [3.63, 3.8) is 0 Å². The molecule has 290 valence electrons. The minimum atomic E-state index is -2.45. The average Bonchev–Trinajstić information content (AvgIpc) is 3.39. The maximum atomic E-state index is 14.8. The molecule has 0 aliphatic rings. The van der Waals surface area contributed by atoms with Crippen LogP contribution in [0, 0.1) is 36.5 Å². The zero-order chi connectivity index (χ0) is 39.8. The first-order valence-electron chi connectivity index (χ1n) is 18.3. The van der Waals surface area contributed by atoms with Gasteiger partial charge in [-0.3, -0.25) is 9.59 Å². The fourth-order valence-corrected chi connectivity index (χ4v) is 8.32. The van der Waals surface area contributed by atoms with Crippen molar-refractivity contribution in [2.45, 2.75) is 169 Å². The highest BCUT2D eigenvalue weighted by Gasteiger charge is 2.50. The van der Waals surface area contributed by atoms with E-state index < -0.39 is 58.1 Å². The molecule has 0 saturated heterocycles. The summed E-state index contributed by atoms with van der Waals surface area (Å²) in [6.45, 7) is 30.5. The van der Waals surface area contributed by atoms with E-state index in [2.05, 4.69) is 85.6 Å². The Hall–Kier alpha value is -2.37. The van der Waals surface area contributed by atoms with E-state index in [1.807, 2.05) is 13.0 Å². The lowest BCUT2D eigenvalue weighted by atomic mass is 9.71. The number of nitrogens with zero attached hydrogens (tertiary/aromatic N) is 1. The molecule has 0 amide bonds. The maximum absolute atomic E-state index is 14.8. The molecule has 1 aromatic heterocycles. The van der Waals surface area contributed by atoms with E-state index in [1.165, 1.54) is 12.3 Å². The lowest BCUT2D eigenvalue weighted by Gasteiger charge is -2.46. The highest BCUT2D eigenvalue weighted by atomic mass is 28.4. The summed E-state index contributed by atoms with van der Waals surface area (Å²) < 4.78 is 33.4. The van der Waals surface area contributed by atoms with Crippen molar-refractivity contribution in [3.8, 4) is 12.3 Å². The van der Waals surface area contributed by atoms with Crippen molar-refractivity contribution in [1.82, 2.24) is 4.98 Å². The van der Waals surface area contributed by atoms with Crippen molar-refractivity contribution < 1.29 is 37.5 Å². The van der Waals surface area contributed by atoms with Gasteiger partial charge in [-0.25, -0.2) is 9.37 Å². The van der Waals surface area contributed by atoms with E-state index in [4.69, 9.17) is 19.7 Å². The van der Waals surface area contributed by atoms with E-state index in [0.29, 0.717) is 11.6 Å². The van der Waals surface area contributed by atoms with Gasteiger partial charge in [0.15, 0.2) is 22.5 Å². The van der Waals surface area contributed by atoms with Crippen molar-refractivity contribution in [2.75, 3.05) is 0 Å². The van der Waals surface area contributed by atoms with Crippen LogP contribution in [-0.2, 0) is 18.4 Å². The topological polar surface area (TPSA) is 119 Å². The van der Waals surface area contributed by atoms with Gasteiger partial charge in [-0.15, -0.1) is 12.3 Å². The van der Waals surface area contributed by atoms with Crippen LogP contribution in [0.4, 0.5) is 4.39 Å². The van der Waals surface area contributed by atoms with Gasteiger partial charge in [0, 0.05) is 24.8 Å². The second-order valence-electron chi connectivity index (χ2n) is 17.9. The number of aliphatic hydroxyl groups is 1. The standard InChI is InChI=1S/C40H68FNO7Si2/c1-17-19-31(37(46)40(11,12)34(25-35(44)45)48-50(13,14)38(5,6)7)36(49-51(15,16)39(8,9)10)28(3)21-18-20-27(2)22-23-33(43)32(41)24-30-26-47-29(4)42-30/h1,22,24,26,28,31,33-34,36,43H,18-21,23,25H2,2-16H3,(H,44,45)/b27-22-,32-24-/t28-,31+,33-,34-,36-/m0/s1. The number of ketones is 1. The third kappa shape index (κ3) is 13.8. The zero-order valence-electron chi connectivity index (χ0n) is 34.2. The van der Waals surface area contributed by atoms with Gasteiger partial charge in [-0.05, 0) is 74.8 Å². The van der Waals surface area contributed by atoms with Gasteiger partial charge in [0.2, 0.25) is 0 Å². The van der Waals surface area contributed by atoms with Crippen LogP contribution in [0.2, 0.25) is 36.3 Å². The smallest absolute Gasteiger partial charge is 0.305 e. The van der Waals surface area contributed by atoms with Crippen LogP contribution in [0.15, 0.2) is 28.2 Å². The van der Waals surface area contributed by atoms with Crippen LogP contribution < -0.4 is 0 Å². The second kappa shape index (κ2) is 18.6. The summed E-state index contributed by atoms with van der Waals surface area (Å²) in [4.78, 5) is 31.0. The van der Waals surface area contributed by atoms with Crippen molar-refractivity contribution in [2.24, 2.45) is 17.3 Å². The molecule has 0 fully saturated rings. The van der Waals surface area contributed by atoms with Gasteiger partial charge in [0.25, 0.3) is 0 Å². The molecule has 0 aliphatic heterocycles. The summed E-state index contributed by atoms with van der Waals surface area (Å²) in [5, 5.41) is 20.0. The Morgan fingerprint density at radius 3 is 2.08 bits per heavy atom. The van der Waals surface area contributed by atoms with Crippen molar-refractivity contribution >= 4 is 34.5 Å². The quantitative estimate of drug-likeness (QED) is 0.0768. The van der Waals surface area contributed by atoms with Crippen LogP contribution in [0.25, 0.3) is 6.08 Å². The molecule has 0 unspecified atom stereocenters. The fourth-order valence-electron chi connectivity index (χ4n) is 5.45. The molecule has 2 N–H and O–H groups in total. The summed E-state index contributed by atoms with van der Waals surface area (Å²) in [7, 11) is -4.85. The SMILES string of the molecule is C#CC[C@@H](C(=O)C(C)(C)[C@H](CC(=O)O)O[Si](C)(C)C(C)(C)C)[C@@H](O[Si](C)(C)C(C)(C)C)[C@@H](C)CCC/C(C)=C\C[C@H](O)/C(F)=C/c1coc(C)n1. The molecule has 8 nitrogen and oxygen atoms in total. The lowest BCUT2D eigenvalue weighted by Crippen LogP contribution is -2.55. The average molecular weight is 750 g/mol. The molecule has 1 rings (SSSR count). The number of carboxylic acids is 1. The number of Topliss-reactive ketones (excluding diaryl/α,β-unsaturated/α-hetero) is 1. The molecule has 51 heavy (non-hydrogen) atoms. The van der Waals surface area contributed by atoms with Gasteiger partial charge >= 0.3 is 5.97 Å². The monoisotopic (exact) mass is 749 g/mol. The molecular formula is C40H68FNO7Si2. The molecule has 0 radical (unpaired) electrons. The predicted octanol–water partition coefficient (Wildman–Crippen LogP) is 10.3. The number of allylic oxidation sites excluding steroid dienone is 1. The number of hydrogen-bond acceptors (Lipinski definition) is 7. The number of aromatic nitrogens is 1. The Morgan fingerprint density at radius 2 is 1.61 bits per heavy atom. The van der Waals surface area contributed by atoms with E-state index in [9.17, 15) is 24.2 Å². The number of carbonyl (C=O) groups excluding carboxylic acids is 1. The number of rotatable bonds is 20. The molecule has 11 heteroatoms. The van der Waals surface area contributed by atoms with Crippen LogP contribution in [0.3, 0.4) is 0 Å². The number of aliphatic hydroxyl groups excluding tert-OH is 1. The Kier molecular flexibility index (Phi) is 17.0. The van der Waals surface area contributed by atoms with Crippen molar-refractivity contribution in [1.29, 1.82) is 0 Å². The number of terminal acetylenes is 1. The Bertz CT molecular complexity index is 1410. The van der Waals surface area contributed by atoms with E-state index in [0.717, 1.165) is 24.8 Å². The van der Waals surface area contributed by atoms with Crippen LogP contribution in [0.5, 0.6) is 0 Å². The number of carboxylic acid groups (broad SMARTS) is 1. The largest absolute Gasteiger partial charge is 0.481 e. The first-order chi connectivity index (χ1) is 23.1. The van der Waals surface area contributed by atoms with Crippen molar-refractivity contribution in [3.05, 3.63) is 35.3 Å². The molecule has 1 heterocycles. The van der Waals surface area contributed by atoms with E-state index in [1.54, 1.807) is 20.8 Å². The zero-order valence-corrected chi connectivity index (χ0v) is 36.2. The Balaban J connectivity index is 3.35. The molecule has 1 aromatic rings. The summed E-state index contributed by atoms with van der Waals surface area (Å²) in [6.07, 6.45) is 9.92. The first-order valence-corrected chi connectivity index (χ1v) is 24.1. The number of oxazole rings is 1. The van der Waals surface area contributed by atoms with Gasteiger partial charge in [-0.2, -0.15) is 0 Å². The molecule has 0 spiro atoms. The van der Waals surface area contributed by atoms with E-state index >= 15 is 0 Å². The molecular weight excluding hydrogens is 682 g/mol.